The quantitative estimate of drug-likeness (QED) is 0.782. The van der Waals surface area contributed by atoms with Gasteiger partial charge in [0.05, 0.1) is 24.4 Å². The molecule has 0 spiro atoms. The highest BCUT2D eigenvalue weighted by Gasteiger charge is 2.37. The number of sulfonamides is 1. The van der Waals surface area contributed by atoms with Crippen molar-refractivity contribution in [3.63, 3.8) is 0 Å². The number of nitrogen functional groups attached to an aromatic ring is 1. The molecule has 2 atom stereocenters. The Balaban J connectivity index is 2.05. The molecule has 1 aliphatic heterocycles. The van der Waals surface area contributed by atoms with Crippen LogP contribution < -0.4 is 15.8 Å². The summed E-state index contributed by atoms with van der Waals surface area (Å²) in [4.78, 5) is 2.21. The SMILES string of the molecule is Nc1ccc(N2CCOC3CCCC32)c(S(N)(=O)=O)c1. The summed E-state index contributed by atoms with van der Waals surface area (Å²) in [6, 6.07) is 5.12. The molecule has 1 aromatic carbocycles. The van der Waals surface area contributed by atoms with E-state index in [4.69, 9.17) is 15.6 Å². The van der Waals surface area contributed by atoms with Gasteiger partial charge in [0, 0.05) is 12.2 Å². The lowest BCUT2D eigenvalue weighted by Crippen LogP contribution is -2.49. The molecule has 110 valence electrons. The highest BCUT2D eigenvalue weighted by Crippen LogP contribution is 2.36. The van der Waals surface area contributed by atoms with Crippen LogP contribution in [0, 0.1) is 0 Å². The molecule has 1 heterocycles. The van der Waals surface area contributed by atoms with Crippen molar-refractivity contribution in [1.82, 2.24) is 0 Å². The van der Waals surface area contributed by atoms with Crippen LogP contribution in [0.15, 0.2) is 23.1 Å². The minimum atomic E-state index is -3.80. The van der Waals surface area contributed by atoms with E-state index in [9.17, 15) is 8.42 Å². The van der Waals surface area contributed by atoms with Gasteiger partial charge in [0.2, 0.25) is 10.0 Å². The largest absolute Gasteiger partial charge is 0.399 e. The summed E-state index contributed by atoms with van der Waals surface area (Å²) in [5.41, 5.74) is 6.74. The molecule has 1 aliphatic carbocycles. The number of fused-ring (bicyclic) bond motifs is 1. The van der Waals surface area contributed by atoms with Crippen molar-refractivity contribution in [2.75, 3.05) is 23.8 Å². The lowest BCUT2D eigenvalue weighted by molar-refractivity contribution is 0.0254. The number of benzene rings is 1. The average Bonchev–Trinajstić information content (AvgIpc) is 2.86. The van der Waals surface area contributed by atoms with Gasteiger partial charge in [-0.2, -0.15) is 0 Å². The van der Waals surface area contributed by atoms with Crippen molar-refractivity contribution < 1.29 is 13.2 Å². The van der Waals surface area contributed by atoms with Gasteiger partial charge in [-0.1, -0.05) is 0 Å². The summed E-state index contributed by atoms with van der Waals surface area (Å²) >= 11 is 0. The third kappa shape index (κ3) is 2.36. The van der Waals surface area contributed by atoms with Gasteiger partial charge in [-0.15, -0.1) is 0 Å². The van der Waals surface area contributed by atoms with Gasteiger partial charge in [-0.3, -0.25) is 0 Å². The summed E-state index contributed by atoms with van der Waals surface area (Å²) in [5, 5.41) is 5.33. The third-order valence-corrected chi connectivity index (χ3v) is 5.02. The fourth-order valence-electron chi connectivity index (χ4n) is 3.22. The Bertz CT molecular complexity index is 617. The lowest BCUT2D eigenvalue weighted by Gasteiger charge is -2.40. The molecule has 1 saturated heterocycles. The Morgan fingerprint density at radius 2 is 2.10 bits per heavy atom. The molecule has 2 unspecified atom stereocenters. The first-order valence-electron chi connectivity index (χ1n) is 6.77. The smallest absolute Gasteiger partial charge is 0.240 e. The Morgan fingerprint density at radius 1 is 1.30 bits per heavy atom. The second kappa shape index (κ2) is 4.91. The molecule has 2 aliphatic rings. The highest BCUT2D eigenvalue weighted by molar-refractivity contribution is 7.89. The minimum absolute atomic E-state index is 0.102. The van der Waals surface area contributed by atoms with E-state index in [-0.39, 0.29) is 17.0 Å². The van der Waals surface area contributed by atoms with E-state index in [1.165, 1.54) is 6.07 Å². The molecule has 0 radical (unpaired) electrons. The van der Waals surface area contributed by atoms with E-state index in [1.54, 1.807) is 12.1 Å². The fourth-order valence-corrected chi connectivity index (χ4v) is 4.00. The van der Waals surface area contributed by atoms with Gasteiger partial charge in [0.25, 0.3) is 0 Å². The van der Waals surface area contributed by atoms with Gasteiger partial charge in [-0.05, 0) is 37.5 Å². The van der Waals surface area contributed by atoms with Crippen molar-refractivity contribution >= 4 is 21.4 Å². The van der Waals surface area contributed by atoms with E-state index >= 15 is 0 Å². The van der Waals surface area contributed by atoms with Crippen molar-refractivity contribution in [3.05, 3.63) is 18.2 Å². The van der Waals surface area contributed by atoms with Gasteiger partial charge < -0.3 is 15.4 Å². The van der Waals surface area contributed by atoms with Crippen LogP contribution in [0.25, 0.3) is 0 Å². The zero-order chi connectivity index (χ0) is 14.3. The zero-order valence-electron chi connectivity index (χ0n) is 11.2. The number of anilines is 2. The molecule has 7 heteroatoms. The van der Waals surface area contributed by atoms with Crippen LogP contribution in [-0.2, 0) is 14.8 Å². The Labute approximate surface area is 118 Å². The molecule has 4 N–H and O–H groups in total. The maximum absolute atomic E-state index is 11.8. The molecule has 3 rings (SSSR count). The van der Waals surface area contributed by atoms with Gasteiger partial charge >= 0.3 is 0 Å². The topological polar surface area (TPSA) is 98.6 Å². The van der Waals surface area contributed by atoms with Crippen LogP contribution in [-0.4, -0.2) is 33.7 Å². The molecular weight excluding hydrogens is 278 g/mol. The maximum atomic E-state index is 11.8. The third-order valence-electron chi connectivity index (χ3n) is 4.08. The fraction of sp³-hybridized carbons (Fsp3) is 0.538. The molecule has 2 fully saturated rings. The van der Waals surface area contributed by atoms with Gasteiger partial charge in [0.1, 0.15) is 4.90 Å². The molecular formula is C13H19N3O3S. The second-order valence-corrected chi connectivity index (χ2v) is 6.90. The van der Waals surface area contributed by atoms with Gasteiger partial charge in [-0.25, -0.2) is 13.6 Å². The predicted octanol–water partition coefficient (Wildman–Crippen LogP) is 0.674. The Hall–Kier alpha value is -1.31. The van der Waals surface area contributed by atoms with Crippen LogP contribution in [0.1, 0.15) is 19.3 Å². The predicted molar refractivity (Wildman–Crippen MR) is 77.0 cm³/mol. The van der Waals surface area contributed by atoms with Crippen molar-refractivity contribution in [3.8, 4) is 0 Å². The van der Waals surface area contributed by atoms with Crippen LogP contribution in [0.2, 0.25) is 0 Å². The number of rotatable bonds is 2. The van der Waals surface area contributed by atoms with Crippen molar-refractivity contribution in [2.45, 2.75) is 36.3 Å². The normalized spacial score (nSPS) is 26.6. The van der Waals surface area contributed by atoms with Crippen molar-refractivity contribution in [2.24, 2.45) is 5.14 Å². The number of hydrogen-bond acceptors (Lipinski definition) is 5. The minimum Gasteiger partial charge on any atom is -0.399 e. The van der Waals surface area contributed by atoms with Gasteiger partial charge in [0.15, 0.2) is 0 Å². The number of hydrogen-bond donors (Lipinski definition) is 2. The van der Waals surface area contributed by atoms with E-state index < -0.39 is 10.0 Å². The first kappa shape index (κ1) is 13.7. The number of nitrogens with two attached hydrogens (primary N) is 2. The van der Waals surface area contributed by atoms with Crippen LogP contribution in [0.3, 0.4) is 0 Å². The summed E-state index contributed by atoms with van der Waals surface area (Å²) < 4.78 is 29.4. The highest BCUT2D eigenvalue weighted by atomic mass is 32.2. The van der Waals surface area contributed by atoms with Crippen LogP contribution in [0.4, 0.5) is 11.4 Å². The molecule has 6 nitrogen and oxygen atoms in total. The maximum Gasteiger partial charge on any atom is 0.240 e. The zero-order valence-corrected chi connectivity index (χ0v) is 12.0. The summed E-state index contributed by atoms with van der Waals surface area (Å²) in [6.45, 7) is 1.28. The molecule has 0 aromatic heterocycles. The number of morpholine rings is 1. The molecule has 0 amide bonds. The summed E-state index contributed by atoms with van der Waals surface area (Å²) in [6.07, 6.45) is 3.33. The molecule has 20 heavy (non-hydrogen) atoms. The number of ether oxygens (including phenoxy) is 1. The first-order valence-corrected chi connectivity index (χ1v) is 8.32. The molecule has 1 saturated carbocycles. The average molecular weight is 297 g/mol. The second-order valence-electron chi connectivity index (χ2n) is 5.37. The van der Waals surface area contributed by atoms with Crippen LogP contribution >= 0.6 is 0 Å². The number of primary sulfonamides is 1. The van der Waals surface area contributed by atoms with E-state index in [0.717, 1.165) is 19.3 Å². The molecule has 0 bridgehead atoms. The lowest BCUT2D eigenvalue weighted by atomic mass is 10.1. The monoisotopic (exact) mass is 297 g/mol. The number of nitrogens with zero attached hydrogens (tertiary/aromatic N) is 1. The summed E-state index contributed by atoms with van der Waals surface area (Å²) in [5.74, 6) is 0. The summed E-state index contributed by atoms with van der Waals surface area (Å²) in [7, 11) is -3.80. The first-order chi connectivity index (χ1) is 9.47. The van der Waals surface area contributed by atoms with E-state index in [2.05, 4.69) is 4.90 Å². The standard InChI is InChI=1S/C13H19N3O3S/c14-9-4-5-11(13(8-9)20(15,17)18)16-6-7-19-12-3-1-2-10(12)16/h4-5,8,10,12H,1-3,6-7,14H2,(H2,15,17,18). The Morgan fingerprint density at radius 3 is 2.85 bits per heavy atom. The van der Waals surface area contributed by atoms with Crippen LogP contribution in [0.5, 0.6) is 0 Å². The van der Waals surface area contributed by atoms with Crippen molar-refractivity contribution in [1.29, 1.82) is 0 Å². The molecule has 1 aromatic rings. The van der Waals surface area contributed by atoms with E-state index in [0.29, 0.717) is 24.5 Å². The van der Waals surface area contributed by atoms with E-state index in [1.807, 2.05) is 0 Å². The Kier molecular flexibility index (Phi) is 3.35.